The Morgan fingerprint density at radius 1 is 1.33 bits per heavy atom. The maximum Gasteiger partial charge on any atom is 0.414 e. The van der Waals surface area contributed by atoms with E-state index in [9.17, 15) is 13.2 Å². The molecule has 0 radical (unpaired) electrons. The molecule has 5 heteroatoms. The second-order valence-electron chi connectivity index (χ2n) is 2.93. The van der Waals surface area contributed by atoms with Crippen molar-refractivity contribution in [2.75, 3.05) is 13.7 Å². The Balaban J connectivity index is 2.36. The third kappa shape index (κ3) is 2.35. The van der Waals surface area contributed by atoms with E-state index in [0.29, 0.717) is 6.42 Å². The molecule has 0 spiro atoms. The van der Waals surface area contributed by atoms with Crippen LogP contribution in [-0.2, 0) is 4.74 Å². The zero-order chi connectivity index (χ0) is 9.19. The maximum absolute atomic E-state index is 12.0. The molecule has 0 aliphatic carbocycles. The molecule has 1 aliphatic heterocycles. The van der Waals surface area contributed by atoms with Crippen molar-refractivity contribution in [1.82, 2.24) is 5.32 Å². The monoisotopic (exact) mass is 183 g/mol. The van der Waals surface area contributed by atoms with Crippen molar-refractivity contribution in [1.29, 1.82) is 0 Å². The summed E-state index contributed by atoms with van der Waals surface area (Å²) in [6, 6.07) is 0.0728. The Kier molecular flexibility index (Phi) is 2.95. The predicted octanol–water partition coefficient (Wildman–Crippen LogP) is 1.32. The molecule has 1 aliphatic rings. The smallest absolute Gasteiger partial charge is 0.367 e. The van der Waals surface area contributed by atoms with Gasteiger partial charge in [-0.3, -0.25) is 0 Å². The Hall–Kier alpha value is -0.290. The number of rotatable bonds is 1. The molecule has 2 unspecified atom stereocenters. The van der Waals surface area contributed by atoms with Crippen molar-refractivity contribution < 1.29 is 17.9 Å². The Morgan fingerprint density at radius 3 is 2.33 bits per heavy atom. The largest absolute Gasteiger partial charge is 0.414 e. The van der Waals surface area contributed by atoms with Gasteiger partial charge in [-0.2, -0.15) is 13.2 Å². The van der Waals surface area contributed by atoms with E-state index in [1.165, 1.54) is 0 Å². The SMILES string of the molecule is CNC1CCC(C(F)(F)F)OC1. The lowest BCUT2D eigenvalue weighted by atomic mass is 10.1. The molecule has 1 fully saturated rings. The van der Waals surface area contributed by atoms with E-state index in [0.717, 1.165) is 0 Å². The third-order valence-electron chi connectivity index (χ3n) is 2.05. The summed E-state index contributed by atoms with van der Waals surface area (Å²) in [5, 5.41) is 2.88. The third-order valence-corrected chi connectivity index (χ3v) is 2.05. The second kappa shape index (κ2) is 3.62. The van der Waals surface area contributed by atoms with E-state index >= 15 is 0 Å². The fraction of sp³-hybridized carbons (Fsp3) is 1.00. The number of alkyl halides is 3. The summed E-state index contributed by atoms with van der Waals surface area (Å²) in [6.45, 7) is 0.153. The van der Waals surface area contributed by atoms with Crippen LogP contribution in [0.4, 0.5) is 13.2 Å². The fourth-order valence-electron chi connectivity index (χ4n) is 1.24. The van der Waals surface area contributed by atoms with E-state index in [4.69, 9.17) is 0 Å². The number of halogens is 3. The van der Waals surface area contributed by atoms with Crippen LogP contribution in [0.15, 0.2) is 0 Å². The standard InChI is InChI=1S/C7H12F3NO/c1-11-5-2-3-6(12-4-5)7(8,9)10/h5-6,11H,2-4H2,1H3. The van der Waals surface area contributed by atoms with Gasteiger partial charge in [-0.05, 0) is 19.9 Å². The highest BCUT2D eigenvalue weighted by atomic mass is 19.4. The zero-order valence-corrected chi connectivity index (χ0v) is 6.82. The molecule has 0 saturated carbocycles. The first-order valence-corrected chi connectivity index (χ1v) is 3.89. The van der Waals surface area contributed by atoms with Gasteiger partial charge in [0.25, 0.3) is 0 Å². The maximum atomic E-state index is 12.0. The van der Waals surface area contributed by atoms with Crippen LogP contribution in [0.1, 0.15) is 12.8 Å². The average Bonchev–Trinajstić information content (AvgIpc) is 2.03. The summed E-state index contributed by atoms with van der Waals surface area (Å²) in [4.78, 5) is 0. The number of nitrogens with one attached hydrogen (secondary N) is 1. The molecule has 1 saturated heterocycles. The molecule has 0 aromatic carbocycles. The highest BCUT2D eigenvalue weighted by Gasteiger charge is 2.42. The quantitative estimate of drug-likeness (QED) is 0.661. The molecule has 2 nitrogen and oxygen atoms in total. The summed E-state index contributed by atoms with van der Waals surface area (Å²) in [7, 11) is 1.72. The van der Waals surface area contributed by atoms with Crippen LogP contribution >= 0.6 is 0 Å². The molecular weight excluding hydrogens is 171 g/mol. The Bertz CT molecular complexity index is 140. The second-order valence-corrected chi connectivity index (χ2v) is 2.93. The predicted molar refractivity (Wildman–Crippen MR) is 37.9 cm³/mol. The molecule has 0 aromatic heterocycles. The lowest BCUT2D eigenvalue weighted by Crippen LogP contribution is -2.43. The minimum atomic E-state index is -4.20. The van der Waals surface area contributed by atoms with Crippen molar-refractivity contribution in [3.63, 3.8) is 0 Å². The van der Waals surface area contributed by atoms with E-state index < -0.39 is 12.3 Å². The Morgan fingerprint density at radius 2 is 2.00 bits per heavy atom. The minimum Gasteiger partial charge on any atom is -0.367 e. The molecule has 1 N–H and O–H groups in total. The van der Waals surface area contributed by atoms with Gasteiger partial charge < -0.3 is 10.1 Å². The summed E-state index contributed by atoms with van der Waals surface area (Å²) in [5.41, 5.74) is 0. The lowest BCUT2D eigenvalue weighted by Gasteiger charge is -2.29. The molecule has 0 amide bonds. The van der Waals surface area contributed by atoms with Crippen molar-refractivity contribution >= 4 is 0 Å². The first-order valence-electron chi connectivity index (χ1n) is 3.89. The van der Waals surface area contributed by atoms with Gasteiger partial charge in [-0.25, -0.2) is 0 Å². The van der Waals surface area contributed by atoms with Crippen LogP contribution in [0.5, 0.6) is 0 Å². The van der Waals surface area contributed by atoms with Gasteiger partial charge in [0, 0.05) is 6.04 Å². The molecular formula is C7H12F3NO. The highest BCUT2D eigenvalue weighted by Crippen LogP contribution is 2.29. The van der Waals surface area contributed by atoms with Gasteiger partial charge in [0.15, 0.2) is 6.10 Å². The first-order chi connectivity index (χ1) is 5.54. The number of likely N-dealkylation sites (N-methyl/N-ethyl adjacent to an activating group) is 1. The van der Waals surface area contributed by atoms with Crippen LogP contribution in [-0.4, -0.2) is 32.0 Å². The van der Waals surface area contributed by atoms with Crippen molar-refractivity contribution in [3.8, 4) is 0 Å². The van der Waals surface area contributed by atoms with Gasteiger partial charge in [0.05, 0.1) is 6.61 Å². The summed E-state index contributed by atoms with van der Waals surface area (Å²) in [5.74, 6) is 0. The normalized spacial score (nSPS) is 32.0. The summed E-state index contributed by atoms with van der Waals surface area (Å²) < 4.78 is 40.7. The van der Waals surface area contributed by atoms with Gasteiger partial charge in [0.2, 0.25) is 0 Å². The van der Waals surface area contributed by atoms with Crippen LogP contribution in [0, 0.1) is 0 Å². The van der Waals surface area contributed by atoms with Crippen LogP contribution in [0.2, 0.25) is 0 Å². The van der Waals surface area contributed by atoms with Crippen LogP contribution < -0.4 is 5.32 Å². The molecule has 72 valence electrons. The Labute approximate surface area is 69.1 Å². The number of ether oxygens (including phenoxy) is 1. The number of hydrogen-bond acceptors (Lipinski definition) is 2. The van der Waals surface area contributed by atoms with E-state index in [-0.39, 0.29) is 19.1 Å². The highest BCUT2D eigenvalue weighted by molar-refractivity contribution is 4.78. The topological polar surface area (TPSA) is 21.3 Å². The van der Waals surface area contributed by atoms with E-state index in [2.05, 4.69) is 10.1 Å². The van der Waals surface area contributed by atoms with Crippen molar-refractivity contribution in [2.45, 2.75) is 31.2 Å². The van der Waals surface area contributed by atoms with Gasteiger partial charge in [-0.1, -0.05) is 0 Å². The zero-order valence-electron chi connectivity index (χ0n) is 6.82. The molecule has 2 atom stereocenters. The summed E-state index contributed by atoms with van der Waals surface area (Å²) >= 11 is 0. The lowest BCUT2D eigenvalue weighted by molar-refractivity contribution is -0.232. The summed E-state index contributed by atoms with van der Waals surface area (Å²) in [6.07, 6.45) is -5.16. The molecule has 0 aromatic rings. The van der Waals surface area contributed by atoms with Gasteiger partial charge >= 0.3 is 6.18 Å². The molecule has 1 rings (SSSR count). The number of hydrogen-bond donors (Lipinski definition) is 1. The van der Waals surface area contributed by atoms with E-state index in [1.54, 1.807) is 7.05 Å². The van der Waals surface area contributed by atoms with E-state index in [1.807, 2.05) is 0 Å². The van der Waals surface area contributed by atoms with Crippen LogP contribution in [0.25, 0.3) is 0 Å². The average molecular weight is 183 g/mol. The van der Waals surface area contributed by atoms with Gasteiger partial charge in [0.1, 0.15) is 0 Å². The van der Waals surface area contributed by atoms with Crippen molar-refractivity contribution in [2.24, 2.45) is 0 Å². The van der Waals surface area contributed by atoms with Crippen molar-refractivity contribution in [3.05, 3.63) is 0 Å². The van der Waals surface area contributed by atoms with Gasteiger partial charge in [-0.15, -0.1) is 0 Å². The molecule has 12 heavy (non-hydrogen) atoms. The molecule has 1 heterocycles. The molecule has 0 bridgehead atoms. The fourth-order valence-corrected chi connectivity index (χ4v) is 1.24. The van der Waals surface area contributed by atoms with Crippen LogP contribution in [0.3, 0.4) is 0 Å². The minimum absolute atomic E-state index is 0.0645. The first kappa shape index (κ1) is 9.80.